The van der Waals surface area contributed by atoms with Crippen LogP contribution in [0.5, 0.6) is 0 Å². The average Bonchev–Trinajstić information content (AvgIpc) is 3.09. The third-order valence-electron chi connectivity index (χ3n) is 3.28. The summed E-state index contributed by atoms with van der Waals surface area (Å²) in [6.45, 7) is 4.69. The number of aromatic nitrogens is 6. The summed E-state index contributed by atoms with van der Waals surface area (Å²) in [7, 11) is 1.78. The fraction of sp³-hybridized carbons (Fsp3) is 0.385. The van der Waals surface area contributed by atoms with Crippen molar-refractivity contribution in [2.24, 2.45) is 7.05 Å². The first-order chi connectivity index (χ1) is 10.0. The molecular formula is C13H17N7O. The van der Waals surface area contributed by atoms with E-state index in [4.69, 9.17) is 10.2 Å². The fourth-order valence-electron chi connectivity index (χ4n) is 2.27. The molecule has 110 valence electrons. The van der Waals surface area contributed by atoms with Gasteiger partial charge in [-0.3, -0.25) is 9.36 Å². The van der Waals surface area contributed by atoms with Gasteiger partial charge in [0, 0.05) is 25.7 Å². The van der Waals surface area contributed by atoms with Gasteiger partial charge in [-0.15, -0.1) is 10.2 Å². The quantitative estimate of drug-likeness (QED) is 0.771. The maximum Gasteiger partial charge on any atom is 0.268 e. The molecule has 0 bridgehead atoms. The first-order valence-corrected chi connectivity index (χ1v) is 6.66. The van der Waals surface area contributed by atoms with Gasteiger partial charge in [0.2, 0.25) is 5.89 Å². The minimum Gasteiger partial charge on any atom is -0.419 e. The largest absolute Gasteiger partial charge is 0.419 e. The summed E-state index contributed by atoms with van der Waals surface area (Å²) < 4.78 is 9.20. The van der Waals surface area contributed by atoms with Crippen LogP contribution in [0.3, 0.4) is 0 Å². The molecule has 0 atom stereocenters. The van der Waals surface area contributed by atoms with Crippen molar-refractivity contribution >= 4 is 5.69 Å². The van der Waals surface area contributed by atoms with Crippen LogP contribution in [0.1, 0.15) is 17.3 Å². The van der Waals surface area contributed by atoms with Gasteiger partial charge in [0.25, 0.3) is 5.89 Å². The minimum absolute atomic E-state index is 0.385. The molecule has 0 aliphatic rings. The molecule has 21 heavy (non-hydrogen) atoms. The van der Waals surface area contributed by atoms with Gasteiger partial charge in [0.1, 0.15) is 5.69 Å². The Morgan fingerprint density at radius 3 is 2.71 bits per heavy atom. The van der Waals surface area contributed by atoms with Crippen molar-refractivity contribution in [3.8, 4) is 11.6 Å². The zero-order valence-electron chi connectivity index (χ0n) is 12.2. The lowest BCUT2D eigenvalue weighted by Crippen LogP contribution is -2.05. The molecule has 0 aliphatic heterocycles. The standard InChI is InChI=1S/C13H17N7O/c1-8-6-9(2)20(18-8)5-4-11-16-17-13(21-11)12-10(14)7-15-19(12)3/h6-7H,4-5,14H2,1-3H3. The molecule has 3 aromatic rings. The molecule has 0 fully saturated rings. The third kappa shape index (κ3) is 2.51. The number of nitrogens with two attached hydrogens (primary N) is 1. The van der Waals surface area contributed by atoms with E-state index in [0.29, 0.717) is 36.1 Å². The van der Waals surface area contributed by atoms with Gasteiger partial charge < -0.3 is 10.2 Å². The summed E-state index contributed by atoms with van der Waals surface area (Å²) in [5, 5.41) is 16.5. The maximum absolute atomic E-state index is 5.85. The van der Waals surface area contributed by atoms with Crippen LogP contribution in [0.2, 0.25) is 0 Å². The van der Waals surface area contributed by atoms with Crippen LogP contribution in [-0.4, -0.2) is 29.8 Å². The maximum atomic E-state index is 5.85. The van der Waals surface area contributed by atoms with Crippen LogP contribution in [0.15, 0.2) is 16.7 Å². The Morgan fingerprint density at radius 2 is 2.10 bits per heavy atom. The van der Waals surface area contributed by atoms with Crippen molar-refractivity contribution in [3.63, 3.8) is 0 Å². The minimum atomic E-state index is 0.385. The van der Waals surface area contributed by atoms with Crippen LogP contribution in [0, 0.1) is 13.8 Å². The van der Waals surface area contributed by atoms with E-state index >= 15 is 0 Å². The van der Waals surface area contributed by atoms with Gasteiger partial charge in [-0.25, -0.2) is 0 Å². The van der Waals surface area contributed by atoms with E-state index in [9.17, 15) is 0 Å². The molecule has 2 N–H and O–H groups in total. The molecule has 0 aromatic carbocycles. The molecule has 0 amide bonds. The molecule has 8 nitrogen and oxygen atoms in total. The highest BCUT2D eigenvalue weighted by Gasteiger charge is 2.16. The molecular weight excluding hydrogens is 270 g/mol. The van der Waals surface area contributed by atoms with Crippen molar-refractivity contribution in [1.29, 1.82) is 0 Å². The predicted molar refractivity (Wildman–Crippen MR) is 76.3 cm³/mol. The lowest BCUT2D eigenvalue weighted by Gasteiger charge is -2.01. The number of hydrogen-bond acceptors (Lipinski definition) is 6. The van der Waals surface area contributed by atoms with Crippen molar-refractivity contribution < 1.29 is 4.42 Å². The smallest absolute Gasteiger partial charge is 0.268 e. The highest BCUT2D eigenvalue weighted by molar-refractivity contribution is 5.65. The van der Waals surface area contributed by atoms with E-state index in [1.54, 1.807) is 17.9 Å². The molecule has 0 spiro atoms. The summed E-state index contributed by atoms with van der Waals surface area (Å²) in [4.78, 5) is 0. The highest BCUT2D eigenvalue weighted by atomic mass is 16.4. The van der Waals surface area contributed by atoms with Gasteiger partial charge in [-0.2, -0.15) is 10.2 Å². The lowest BCUT2D eigenvalue weighted by atomic mass is 10.3. The zero-order valence-corrected chi connectivity index (χ0v) is 12.2. The molecule has 3 aromatic heterocycles. The number of nitrogens with zero attached hydrogens (tertiary/aromatic N) is 6. The van der Waals surface area contributed by atoms with Crippen molar-refractivity contribution in [1.82, 2.24) is 29.8 Å². The van der Waals surface area contributed by atoms with E-state index < -0.39 is 0 Å². The van der Waals surface area contributed by atoms with Crippen molar-refractivity contribution in [2.45, 2.75) is 26.8 Å². The van der Waals surface area contributed by atoms with E-state index in [1.165, 1.54) is 0 Å². The van der Waals surface area contributed by atoms with E-state index in [1.807, 2.05) is 24.6 Å². The number of rotatable bonds is 4. The molecule has 8 heteroatoms. The Balaban J connectivity index is 1.75. The summed E-state index contributed by atoms with van der Waals surface area (Å²) >= 11 is 0. The molecule has 0 saturated carbocycles. The molecule has 0 saturated heterocycles. The predicted octanol–water partition coefficient (Wildman–Crippen LogP) is 1.11. The van der Waals surface area contributed by atoms with Gasteiger partial charge in [-0.05, 0) is 19.9 Å². The van der Waals surface area contributed by atoms with Crippen LogP contribution < -0.4 is 5.73 Å². The third-order valence-corrected chi connectivity index (χ3v) is 3.28. The Labute approximate surface area is 121 Å². The van der Waals surface area contributed by atoms with Gasteiger partial charge in [0.15, 0.2) is 0 Å². The molecule has 3 heterocycles. The van der Waals surface area contributed by atoms with Gasteiger partial charge in [-0.1, -0.05) is 0 Å². The van der Waals surface area contributed by atoms with Crippen molar-refractivity contribution in [3.05, 3.63) is 29.5 Å². The lowest BCUT2D eigenvalue weighted by molar-refractivity contribution is 0.469. The summed E-state index contributed by atoms with van der Waals surface area (Å²) in [5.74, 6) is 0.939. The fourth-order valence-corrected chi connectivity index (χ4v) is 2.27. The number of hydrogen-bond donors (Lipinski definition) is 1. The first kappa shape index (κ1) is 13.3. The second-order valence-corrected chi connectivity index (χ2v) is 4.97. The van der Waals surface area contributed by atoms with E-state index in [2.05, 4.69) is 20.4 Å². The summed E-state index contributed by atoms with van der Waals surface area (Å²) in [6, 6.07) is 2.04. The Bertz CT molecular complexity index is 748. The summed E-state index contributed by atoms with van der Waals surface area (Å²) in [6.07, 6.45) is 2.18. The van der Waals surface area contributed by atoms with Crippen LogP contribution in [0.4, 0.5) is 5.69 Å². The Morgan fingerprint density at radius 1 is 1.29 bits per heavy atom. The molecule has 0 aliphatic carbocycles. The monoisotopic (exact) mass is 287 g/mol. The Hall–Kier alpha value is -2.64. The summed E-state index contributed by atoms with van der Waals surface area (Å²) in [5.41, 5.74) is 9.12. The van der Waals surface area contributed by atoms with Gasteiger partial charge >= 0.3 is 0 Å². The topological polar surface area (TPSA) is 101 Å². The number of anilines is 1. The SMILES string of the molecule is Cc1cc(C)n(CCc2nnc(-c3c(N)cnn3C)o2)n1. The second kappa shape index (κ2) is 5.04. The molecule has 0 unspecified atom stereocenters. The van der Waals surface area contributed by atoms with Crippen LogP contribution >= 0.6 is 0 Å². The highest BCUT2D eigenvalue weighted by Crippen LogP contribution is 2.23. The van der Waals surface area contributed by atoms with Crippen LogP contribution in [-0.2, 0) is 20.0 Å². The molecule has 0 radical (unpaired) electrons. The van der Waals surface area contributed by atoms with E-state index in [0.717, 1.165) is 11.4 Å². The second-order valence-electron chi connectivity index (χ2n) is 4.97. The van der Waals surface area contributed by atoms with E-state index in [-0.39, 0.29) is 0 Å². The van der Waals surface area contributed by atoms with Crippen LogP contribution in [0.25, 0.3) is 11.6 Å². The molecule has 3 rings (SSSR count). The first-order valence-electron chi connectivity index (χ1n) is 6.66. The number of nitrogen functional groups attached to an aromatic ring is 1. The van der Waals surface area contributed by atoms with Gasteiger partial charge in [0.05, 0.1) is 17.6 Å². The zero-order chi connectivity index (χ0) is 15.0. The number of aryl methyl sites for hydroxylation is 5. The average molecular weight is 287 g/mol. The normalized spacial score (nSPS) is 11.2. The Kier molecular flexibility index (Phi) is 3.20. The van der Waals surface area contributed by atoms with Crippen molar-refractivity contribution in [2.75, 3.05) is 5.73 Å².